The number of sulfone groups is 1. The van der Waals surface area contributed by atoms with E-state index in [1.54, 1.807) is 18.2 Å². The summed E-state index contributed by atoms with van der Waals surface area (Å²) in [5.74, 6) is 0.108. The van der Waals surface area contributed by atoms with Gasteiger partial charge in [-0.15, -0.1) is 11.3 Å². The lowest BCUT2D eigenvalue weighted by molar-refractivity contribution is -0.118. The Morgan fingerprint density at radius 3 is 2.30 bits per heavy atom. The standard InChI is InChI=1S/C17H21NO3S2/c1-12(2)14-6-8-15(9-7-14)23(20,21)17(11-18-13(3)19)16-5-4-10-22-16/h4-10,12,17H,11H2,1-3H3,(H,18,19)/t17-/m1/s1. The molecule has 0 saturated heterocycles. The van der Waals surface area contributed by atoms with E-state index in [0.717, 1.165) is 10.4 Å². The summed E-state index contributed by atoms with van der Waals surface area (Å²) in [6.45, 7) is 5.59. The molecule has 1 aromatic heterocycles. The predicted molar refractivity (Wildman–Crippen MR) is 93.5 cm³/mol. The van der Waals surface area contributed by atoms with Crippen molar-refractivity contribution >= 4 is 27.1 Å². The first-order valence-electron chi connectivity index (χ1n) is 7.44. The van der Waals surface area contributed by atoms with Crippen LogP contribution in [0, 0.1) is 0 Å². The minimum absolute atomic E-state index is 0.0735. The molecule has 0 radical (unpaired) electrons. The summed E-state index contributed by atoms with van der Waals surface area (Å²) < 4.78 is 26.0. The van der Waals surface area contributed by atoms with Gasteiger partial charge in [0.25, 0.3) is 0 Å². The van der Waals surface area contributed by atoms with Gasteiger partial charge in [-0.1, -0.05) is 32.0 Å². The summed E-state index contributed by atoms with van der Waals surface area (Å²) in [7, 11) is -3.57. The Bertz CT molecular complexity index is 748. The van der Waals surface area contributed by atoms with E-state index in [1.807, 2.05) is 23.6 Å². The van der Waals surface area contributed by atoms with Crippen LogP contribution in [-0.4, -0.2) is 20.9 Å². The van der Waals surface area contributed by atoms with Crippen LogP contribution in [-0.2, 0) is 14.6 Å². The summed E-state index contributed by atoms with van der Waals surface area (Å²) in [6, 6.07) is 10.6. The molecule has 0 bridgehead atoms. The van der Waals surface area contributed by atoms with E-state index in [9.17, 15) is 13.2 Å². The molecule has 124 valence electrons. The molecule has 23 heavy (non-hydrogen) atoms. The van der Waals surface area contributed by atoms with E-state index in [4.69, 9.17) is 0 Å². The average molecular weight is 351 g/mol. The second-order valence-corrected chi connectivity index (χ2v) is 8.82. The van der Waals surface area contributed by atoms with Gasteiger partial charge in [-0.2, -0.15) is 0 Å². The highest BCUT2D eigenvalue weighted by Gasteiger charge is 2.30. The van der Waals surface area contributed by atoms with Crippen molar-refractivity contribution in [3.63, 3.8) is 0 Å². The maximum Gasteiger partial charge on any atom is 0.216 e. The molecule has 1 atom stereocenters. The number of hydrogen-bond acceptors (Lipinski definition) is 4. The second-order valence-electron chi connectivity index (χ2n) is 5.71. The fourth-order valence-corrected chi connectivity index (χ4v) is 5.07. The molecule has 1 aromatic carbocycles. The van der Waals surface area contributed by atoms with E-state index in [2.05, 4.69) is 19.2 Å². The van der Waals surface area contributed by atoms with Crippen LogP contribution in [0.15, 0.2) is 46.7 Å². The molecule has 1 amide bonds. The molecule has 2 rings (SSSR count). The Balaban J connectivity index is 2.37. The van der Waals surface area contributed by atoms with Crippen LogP contribution in [0.5, 0.6) is 0 Å². The Kier molecular flexibility index (Phi) is 5.59. The quantitative estimate of drug-likeness (QED) is 0.866. The molecule has 0 unspecified atom stereocenters. The maximum absolute atomic E-state index is 13.0. The normalized spacial score (nSPS) is 13.0. The van der Waals surface area contributed by atoms with Gasteiger partial charge in [-0.05, 0) is 35.1 Å². The smallest absolute Gasteiger partial charge is 0.216 e. The molecule has 1 N–H and O–H groups in total. The third-order valence-electron chi connectivity index (χ3n) is 3.65. The van der Waals surface area contributed by atoms with Crippen LogP contribution < -0.4 is 5.32 Å². The minimum Gasteiger partial charge on any atom is -0.355 e. The van der Waals surface area contributed by atoms with Crippen molar-refractivity contribution in [1.82, 2.24) is 5.32 Å². The third kappa shape index (κ3) is 4.20. The Morgan fingerprint density at radius 2 is 1.83 bits per heavy atom. The molecule has 0 aliphatic rings. The topological polar surface area (TPSA) is 63.2 Å². The molecule has 0 aliphatic heterocycles. The lowest BCUT2D eigenvalue weighted by Gasteiger charge is -2.17. The lowest BCUT2D eigenvalue weighted by atomic mass is 10.0. The predicted octanol–water partition coefficient (Wildman–Crippen LogP) is 3.52. The van der Waals surface area contributed by atoms with Crippen molar-refractivity contribution in [2.24, 2.45) is 0 Å². The average Bonchev–Trinajstić information content (AvgIpc) is 3.01. The van der Waals surface area contributed by atoms with E-state index in [0.29, 0.717) is 5.92 Å². The fraction of sp³-hybridized carbons (Fsp3) is 0.353. The van der Waals surface area contributed by atoms with Gasteiger partial charge in [0.05, 0.1) is 4.90 Å². The van der Waals surface area contributed by atoms with Crippen molar-refractivity contribution in [3.05, 3.63) is 52.2 Å². The molecule has 2 aromatic rings. The number of rotatable bonds is 6. The van der Waals surface area contributed by atoms with Crippen LogP contribution in [0.2, 0.25) is 0 Å². The van der Waals surface area contributed by atoms with Crippen molar-refractivity contribution < 1.29 is 13.2 Å². The number of amides is 1. The largest absolute Gasteiger partial charge is 0.355 e. The van der Waals surface area contributed by atoms with Crippen molar-refractivity contribution in [1.29, 1.82) is 0 Å². The van der Waals surface area contributed by atoms with E-state index in [1.165, 1.54) is 18.3 Å². The molecule has 0 fully saturated rings. The minimum atomic E-state index is -3.57. The van der Waals surface area contributed by atoms with Gasteiger partial charge in [0.1, 0.15) is 5.25 Å². The first-order chi connectivity index (χ1) is 10.8. The number of nitrogens with one attached hydrogen (secondary N) is 1. The molecular weight excluding hydrogens is 330 g/mol. The number of benzene rings is 1. The summed E-state index contributed by atoms with van der Waals surface area (Å²) >= 11 is 1.38. The van der Waals surface area contributed by atoms with Crippen molar-refractivity contribution in [3.8, 4) is 0 Å². The van der Waals surface area contributed by atoms with Gasteiger partial charge < -0.3 is 5.32 Å². The first-order valence-corrected chi connectivity index (χ1v) is 9.86. The third-order valence-corrected chi connectivity index (χ3v) is 6.88. The zero-order valence-corrected chi connectivity index (χ0v) is 15.1. The highest BCUT2D eigenvalue weighted by molar-refractivity contribution is 7.91. The fourth-order valence-electron chi connectivity index (χ4n) is 2.28. The highest BCUT2D eigenvalue weighted by Crippen LogP contribution is 2.32. The van der Waals surface area contributed by atoms with Gasteiger partial charge in [-0.3, -0.25) is 4.79 Å². The van der Waals surface area contributed by atoms with Crippen LogP contribution in [0.3, 0.4) is 0 Å². The molecule has 4 nitrogen and oxygen atoms in total. The maximum atomic E-state index is 13.0. The second kappa shape index (κ2) is 7.27. The summed E-state index contributed by atoms with van der Waals surface area (Å²) in [5.41, 5.74) is 1.10. The summed E-state index contributed by atoms with van der Waals surface area (Å²) in [5, 5.41) is 3.70. The zero-order chi connectivity index (χ0) is 17.0. The molecule has 1 heterocycles. The summed E-state index contributed by atoms with van der Waals surface area (Å²) in [6.07, 6.45) is 0. The first kappa shape index (κ1) is 17.7. The van der Waals surface area contributed by atoms with E-state index in [-0.39, 0.29) is 17.3 Å². The SMILES string of the molecule is CC(=O)NC[C@H](c1cccs1)S(=O)(=O)c1ccc(C(C)C)cc1. The zero-order valence-electron chi connectivity index (χ0n) is 13.4. The monoisotopic (exact) mass is 351 g/mol. The molecular formula is C17H21NO3S2. The molecule has 0 spiro atoms. The summed E-state index contributed by atoms with van der Waals surface area (Å²) in [4.78, 5) is 12.2. The van der Waals surface area contributed by atoms with Crippen LogP contribution in [0.25, 0.3) is 0 Å². The van der Waals surface area contributed by atoms with Crippen LogP contribution in [0.1, 0.15) is 42.4 Å². The molecule has 0 aliphatic carbocycles. The van der Waals surface area contributed by atoms with Gasteiger partial charge in [0.2, 0.25) is 5.91 Å². The van der Waals surface area contributed by atoms with Gasteiger partial charge >= 0.3 is 0 Å². The van der Waals surface area contributed by atoms with Gasteiger partial charge in [0.15, 0.2) is 9.84 Å². The Hall–Kier alpha value is -1.66. The van der Waals surface area contributed by atoms with Gasteiger partial charge in [0, 0.05) is 18.3 Å². The number of hydrogen-bond donors (Lipinski definition) is 1. The molecule has 0 saturated carbocycles. The van der Waals surface area contributed by atoms with Crippen LogP contribution >= 0.6 is 11.3 Å². The van der Waals surface area contributed by atoms with Gasteiger partial charge in [-0.25, -0.2) is 8.42 Å². The highest BCUT2D eigenvalue weighted by atomic mass is 32.2. The van der Waals surface area contributed by atoms with E-state index < -0.39 is 15.1 Å². The number of carbonyl (C=O) groups is 1. The lowest BCUT2D eigenvalue weighted by Crippen LogP contribution is -2.29. The Labute approximate surface area is 141 Å². The van der Waals surface area contributed by atoms with E-state index >= 15 is 0 Å². The molecule has 6 heteroatoms. The number of thiophene rings is 1. The Morgan fingerprint density at radius 1 is 1.17 bits per heavy atom. The van der Waals surface area contributed by atoms with Crippen LogP contribution in [0.4, 0.5) is 0 Å². The van der Waals surface area contributed by atoms with Crippen molar-refractivity contribution in [2.45, 2.75) is 36.8 Å². The number of carbonyl (C=O) groups excluding carboxylic acids is 1. The van der Waals surface area contributed by atoms with Crippen molar-refractivity contribution in [2.75, 3.05) is 6.54 Å².